The molecule has 0 amide bonds. The molecule has 0 radical (unpaired) electrons. The predicted molar refractivity (Wildman–Crippen MR) is 109 cm³/mol. The molecule has 1 atom stereocenters. The fraction of sp³-hybridized carbons (Fsp3) is 0.905. The van der Waals surface area contributed by atoms with Gasteiger partial charge < -0.3 is 9.94 Å². The Bertz CT molecular complexity index is 422. The lowest BCUT2D eigenvalue weighted by Gasteiger charge is -2.35. The van der Waals surface area contributed by atoms with Crippen molar-refractivity contribution in [3.05, 3.63) is 0 Å². The summed E-state index contributed by atoms with van der Waals surface area (Å²) in [5.41, 5.74) is 1.71. The van der Waals surface area contributed by atoms with Crippen molar-refractivity contribution in [3.8, 4) is 0 Å². The standard InChI is InChI=1S/C21H42N2O4/c1-4-5-6-7-8-9-10-11-12-13-14-15-16-17-18(24)20(2,3)21(22,26)19(25)27-23/h26H,4-17,22-23H2,1-3H3/t21-/m0/s1. The van der Waals surface area contributed by atoms with Gasteiger partial charge in [0.15, 0.2) is 0 Å². The van der Waals surface area contributed by atoms with Crippen LogP contribution in [0.1, 0.15) is 111 Å². The van der Waals surface area contributed by atoms with Crippen LogP contribution in [0.25, 0.3) is 0 Å². The van der Waals surface area contributed by atoms with Crippen molar-refractivity contribution >= 4 is 11.8 Å². The van der Waals surface area contributed by atoms with E-state index in [1.54, 1.807) is 0 Å². The second-order valence-electron chi connectivity index (χ2n) is 8.21. The van der Waals surface area contributed by atoms with Crippen molar-refractivity contribution < 1.29 is 19.5 Å². The highest BCUT2D eigenvalue weighted by molar-refractivity contribution is 5.93. The molecule has 0 aliphatic carbocycles. The SMILES string of the molecule is CCCCCCCCCCCCCCCC(=O)C(C)(C)[C@@](N)(O)C(=O)ON. The Hall–Kier alpha value is -0.980. The minimum absolute atomic E-state index is 0.263. The number of Topliss-reactive ketones (excluding diaryl/α,β-unsaturated/α-hetero) is 1. The molecule has 0 aromatic rings. The molecule has 0 spiro atoms. The number of carbonyl (C=O) groups is 2. The van der Waals surface area contributed by atoms with Crippen LogP contribution in [-0.4, -0.2) is 22.6 Å². The lowest BCUT2D eigenvalue weighted by Crippen LogP contribution is -2.62. The van der Waals surface area contributed by atoms with Crippen LogP contribution < -0.4 is 11.6 Å². The van der Waals surface area contributed by atoms with Crippen LogP contribution in [0.15, 0.2) is 0 Å². The van der Waals surface area contributed by atoms with E-state index in [2.05, 4.69) is 11.8 Å². The first kappa shape index (κ1) is 26.0. The number of rotatable bonds is 17. The van der Waals surface area contributed by atoms with E-state index in [0.717, 1.165) is 19.3 Å². The summed E-state index contributed by atoms with van der Waals surface area (Å²) in [7, 11) is 0. The topological polar surface area (TPSA) is 116 Å². The highest BCUT2D eigenvalue weighted by Gasteiger charge is 2.52. The third-order valence-corrected chi connectivity index (χ3v) is 5.58. The number of nitrogens with two attached hydrogens (primary N) is 2. The smallest absolute Gasteiger partial charge is 0.370 e. The molecular formula is C21H42N2O4. The molecule has 6 nitrogen and oxygen atoms in total. The normalized spacial score (nSPS) is 14.0. The molecule has 0 heterocycles. The zero-order valence-corrected chi connectivity index (χ0v) is 17.7. The molecule has 0 fully saturated rings. The number of hydrogen-bond acceptors (Lipinski definition) is 6. The minimum atomic E-state index is -2.42. The first-order valence-electron chi connectivity index (χ1n) is 10.7. The van der Waals surface area contributed by atoms with Crippen LogP contribution in [0.4, 0.5) is 0 Å². The Balaban J connectivity index is 3.75. The number of carbonyl (C=O) groups excluding carboxylic acids is 2. The molecule has 0 saturated carbocycles. The van der Waals surface area contributed by atoms with Crippen molar-refractivity contribution in [3.63, 3.8) is 0 Å². The van der Waals surface area contributed by atoms with E-state index >= 15 is 0 Å². The summed E-state index contributed by atoms with van der Waals surface area (Å²) >= 11 is 0. The van der Waals surface area contributed by atoms with Gasteiger partial charge in [-0.25, -0.2) is 4.79 Å². The molecule has 0 bridgehead atoms. The molecule has 0 aromatic heterocycles. The zero-order chi connectivity index (χ0) is 20.8. The summed E-state index contributed by atoms with van der Waals surface area (Å²) < 4.78 is 0. The third-order valence-electron chi connectivity index (χ3n) is 5.58. The van der Waals surface area contributed by atoms with E-state index < -0.39 is 17.1 Å². The van der Waals surface area contributed by atoms with Gasteiger partial charge in [0.2, 0.25) is 5.72 Å². The molecular weight excluding hydrogens is 344 g/mol. The fourth-order valence-electron chi connectivity index (χ4n) is 3.17. The van der Waals surface area contributed by atoms with E-state index in [1.165, 1.54) is 78.1 Å². The summed E-state index contributed by atoms with van der Waals surface area (Å²) in [4.78, 5) is 27.9. The number of ketones is 1. The highest BCUT2D eigenvalue weighted by atomic mass is 16.7. The van der Waals surface area contributed by atoms with Gasteiger partial charge in [0.25, 0.3) is 0 Å². The fourth-order valence-corrected chi connectivity index (χ4v) is 3.17. The van der Waals surface area contributed by atoms with Crippen LogP contribution in [-0.2, 0) is 14.4 Å². The van der Waals surface area contributed by atoms with Gasteiger partial charge in [-0.15, -0.1) is 0 Å². The molecule has 0 aromatic carbocycles. The van der Waals surface area contributed by atoms with Crippen molar-refractivity contribution in [2.45, 2.75) is 116 Å². The number of hydrogen-bond donors (Lipinski definition) is 3. The van der Waals surface area contributed by atoms with Gasteiger partial charge in [0, 0.05) is 6.42 Å². The summed E-state index contributed by atoms with van der Waals surface area (Å²) in [6, 6.07) is 0. The Morgan fingerprint density at radius 3 is 1.56 bits per heavy atom. The summed E-state index contributed by atoms with van der Waals surface area (Å²) in [6.07, 6.45) is 16.3. The Kier molecular flexibility index (Phi) is 13.6. The molecule has 5 N–H and O–H groups in total. The van der Waals surface area contributed by atoms with Gasteiger partial charge in [-0.2, -0.15) is 5.90 Å². The third kappa shape index (κ3) is 9.67. The van der Waals surface area contributed by atoms with Crippen LogP contribution >= 0.6 is 0 Å². The molecule has 27 heavy (non-hydrogen) atoms. The molecule has 0 rings (SSSR count). The Morgan fingerprint density at radius 2 is 1.19 bits per heavy atom. The monoisotopic (exact) mass is 386 g/mol. The maximum absolute atomic E-state index is 12.3. The number of aliphatic hydroxyl groups is 1. The molecule has 0 aliphatic heterocycles. The van der Waals surface area contributed by atoms with Gasteiger partial charge in [0.05, 0.1) is 5.41 Å². The minimum Gasteiger partial charge on any atom is -0.370 e. The van der Waals surface area contributed by atoms with Gasteiger partial charge in [0.1, 0.15) is 5.78 Å². The lowest BCUT2D eigenvalue weighted by atomic mass is 9.76. The quantitative estimate of drug-likeness (QED) is 0.197. The predicted octanol–water partition coefficient (Wildman–Crippen LogP) is 4.13. The van der Waals surface area contributed by atoms with Gasteiger partial charge in [-0.3, -0.25) is 10.5 Å². The van der Waals surface area contributed by atoms with Crippen LogP contribution in [0.3, 0.4) is 0 Å². The van der Waals surface area contributed by atoms with Crippen LogP contribution in [0.5, 0.6) is 0 Å². The first-order valence-corrected chi connectivity index (χ1v) is 10.7. The highest BCUT2D eigenvalue weighted by Crippen LogP contribution is 2.31. The lowest BCUT2D eigenvalue weighted by molar-refractivity contribution is -0.182. The van der Waals surface area contributed by atoms with Crippen LogP contribution in [0, 0.1) is 5.41 Å². The van der Waals surface area contributed by atoms with Crippen LogP contribution in [0.2, 0.25) is 0 Å². The molecule has 6 heteroatoms. The Morgan fingerprint density at radius 1 is 0.815 bits per heavy atom. The van der Waals surface area contributed by atoms with Crippen molar-refractivity contribution in [2.75, 3.05) is 0 Å². The van der Waals surface area contributed by atoms with Crippen molar-refractivity contribution in [1.29, 1.82) is 0 Å². The summed E-state index contributed by atoms with van der Waals surface area (Å²) in [5, 5.41) is 10.1. The first-order chi connectivity index (χ1) is 12.7. The average Bonchev–Trinajstić information content (AvgIpc) is 2.64. The van der Waals surface area contributed by atoms with Crippen molar-refractivity contribution in [2.24, 2.45) is 17.0 Å². The summed E-state index contributed by atoms with van der Waals surface area (Å²) in [5.74, 6) is 3.31. The Labute approximate surface area is 165 Å². The summed E-state index contributed by atoms with van der Waals surface area (Å²) in [6.45, 7) is 5.12. The molecule has 0 aliphatic rings. The zero-order valence-electron chi connectivity index (χ0n) is 17.7. The maximum atomic E-state index is 12.3. The molecule has 0 saturated heterocycles. The molecule has 0 unspecified atom stereocenters. The average molecular weight is 387 g/mol. The second kappa shape index (κ2) is 14.1. The van der Waals surface area contributed by atoms with E-state index in [0.29, 0.717) is 0 Å². The number of unbranched alkanes of at least 4 members (excludes halogenated alkanes) is 12. The second-order valence-corrected chi connectivity index (χ2v) is 8.21. The van der Waals surface area contributed by atoms with Gasteiger partial charge >= 0.3 is 5.97 Å². The van der Waals surface area contributed by atoms with Gasteiger partial charge in [-0.1, -0.05) is 84.0 Å². The van der Waals surface area contributed by atoms with E-state index in [9.17, 15) is 14.7 Å². The van der Waals surface area contributed by atoms with Crippen molar-refractivity contribution in [1.82, 2.24) is 0 Å². The van der Waals surface area contributed by atoms with E-state index in [1.807, 2.05) is 0 Å². The molecule has 160 valence electrons. The van der Waals surface area contributed by atoms with Gasteiger partial charge in [-0.05, 0) is 20.3 Å². The van der Waals surface area contributed by atoms with E-state index in [4.69, 9.17) is 11.6 Å². The largest absolute Gasteiger partial charge is 0.372 e. The maximum Gasteiger partial charge on any atom is 0.372 e. The van der Waals surface area contributed by atoms with E-state index in [-0.39, 0.29) is 12.2 Å².